The molecule has 2 aromatic rings. The van der Waals surface area contributed by atoms with Crippen LogP contribution >= 0.6 is 0 Å². The standard InChI is InChI=1S/C16H18AsO/c1-3-13-9-5-7-11-15(13)17(18)16-12-8-6-10-14(16)4-2/h5-12H,3-4H2,1-2H3. The van der Waals surface area contributed by atoms with E-state index >= 15 is 0 Å². The van der Waals surface area contributed by atoms with Gasteiger partial charge >= 0.3 is 113 Å². The van der Waals surface area contributed by atoms with Crippen molar-refractivity contribution in [3.05, 3.63) is 59.7 Å². The Bertz CT molecular complexity index is 511. The predicted octanol–water partition coefficient (Wildman–Crippen LogP) is 2.35. The third-order valence-electron chi connectivity index (χ3n) is 3.18. The quantitative estimate of drug-likeness (QED) is 0.792. The molecule has 1 radical (unpaired) electrons. The first-order valence-corrected chi connectivity index (χ1v) is 9.05. The van der Waals surface area contributed by atoms with Crippen molar-refractivity contribution < 1.29 is 3.74 Å². The zero-order chi connectivity index (χ0) is 13.0. The summed E-state index contributed by atoms with van der Waals surface area (Å²) >= 11 is -2.36. The topological polar surface area (TPSA) is 17.1 Å². The second kappa shape index (κ2) is 6.11. The molecular formula is C16H18AsO. The van der Waals surface area contributed by atoms with Crippen molar-refractivity contribution in [2.75, 3.05) is 0 Å². The predicted molar refractivity (Wildman–Crippen MR) is 77.3 cm³/mol. The Balaban J connectivity index is 2.48. The average Bonchev–Trinajstić information content (AvgIpc) is 2.46. The van der Waals surface area contributed by atoms with E-state index in [4.69, 9.17) is 0 Å². The molecule has 0 amide bonds. The van der Waals surface area contributed by atoms with Crippen LogP contribution in [0.2, 0.25) is 0 Å². The minimum atomic E-state index is -2.36. The van der Waals surface area contributed by atoms with Crippen LogP contribution in [0.15, 0.2) is 48.5 Å². The number of hydrogen-bond acceptors (Lipinski definition) is 1. The molecule has 0 aliphatic rings. The second-order valence-corrected chi connectivity index (χ2v) is 7.52. The fraction of sp³-hybridized carbons (Fsp3) is 0.250. The summed E-state index contributed by atoms with van der Waals surface area (Å²) in [5, 5.41) is 0. The van der Waals surface area contributed by atoms with Crippen molar-refractivity contribution >= 4 is 23.3 Å². The first-order chi connectivity index (χ1) is 8.77. The molecular weight excluding hydrogens is 283 g/mol. The summed E-state index contributed by atoms with van der Waals surface area (Å²) < 4.78 is 15.0. The van der Waals surface area contributed by atoms with Gasteiger partial charge in [-0.2, -0.15) is 0 Å². The van der Waals surface area contributed by atoms with Crippen LogP contribution < -0.4 is 8.70 Å². The van der Waals surface area contributed by atoms with E-state index in [9.17, 15) is 3.74 Å². The zero-order valence-corrected chi connectivity index (χ0v) is 12.8. The van der Waals surface area contributed by atoms with Crippen molar-refractivity contribution in [2.24, 2.45) is 0 Å². The van der Waals surface area contributed by atoms with Gasteiger partial charge in [0.05, 0.1) is 0 Å². The maximum atomic E-state index is 12.8. The normalized spacial score (nSPS) is 10.3. The molecule has 93 valence electrons. The summed E-state index contributed by atoms with van der Waals surface area (Å²) in [5.74, 6) is 0. The van der Waals surface area contributed by atoms with Crippen molar-refractivity contribution in [3.63, 3.8) is 0 Å². The molecule has 2 rings (SSSR count). The van der Waals surface area contributed by atoms with Crippen molar-refractivity contribution in [3.8, 4) is 0 Å². The van der Waals surface area contributed by atoms with E-state index in [0.29, 0.717) is 0 Å². The van der Waals surface area contributed by atoms with Gasteiger partial charge in [0.25, 0.3) is 0 Å². The van der Waals surface area contributed by atoms with Gasteiger partial charge < -0.3 is 0 Å². The van der Waals surface area contributed by atoms with Crippen LogP contribution in [0.25, 0.3) is 0 Å². The fourth-order valence-electron chi connectivity index (χ4n) is 2.15. The van der Waals surface area contributed by atoms with Crippen LogP contribution in [0, 0.1) is 0 Å². The summed E-state index contributed by atoms with van der Waals surface area (Å²) in [6, 6.07) is 16.3. The minimum absolute atomic E-state index is 0.942. The number of hydrogen-bond donors (Lipinski definition) is 0. The molecule has 0 bridgehead atoms. The van der Waals surface area contributed by atoms with Crippen LogP contribution in [-0.2, 0) is 16.6 Å². The molecule has 0 atom stereocenters. The van der Waals surface area contributed by atoms with Crippen LogP contribution in [0.3, 0.4) is 0 Å². The molecule has 18 heavy (non-hydrogen) atoms. The van der Waals surface area contributed by atoms with E-state index < -0.39 is 14.6 Å². The third-order valence-corrected chi connectivity index (χ3v) is 6.85. The molecule has 0 N–H and O–H groups in total. The van der Waals surface area contributed by atoms with Gasteiger partial charge in [0.2, 0.25) is 0 Å². The first-order valence-electron chi connectivity index (χ1n) is 6.41. The number of rotatable bonds is 4. The van der Waals surface area contributed by atoms with Crippen molar-refractivity contribution in [2.45, 2.75) is 26.7 Å². The van der Waals surface area contributed by atoms with Gasteiger partial charge in [-0.1, -0.05) is 0 Å². The van der Waals surface area contributed by atoms with E-state index in [1.165, 1.54) is 11.1 Å². The fourth-order valence-corrected chi connectivity index (χ4v) is 5.69. The number of aryl methyl sites for hydroxylation is 2. The SMILES string of the molecule is CCc1ccccc1[As](=O)c1ccccc1CC. The van der Waals surface area contributed by atoms with Gasteiger partial charge in [0.15, 0.2) is 0 Å². The summed E-state index contributed by atoms with van der Waals surface area (Å²) in [7, 11) is 0. The Labute approximate surface area is 113 Å². The molecule has 2 heteroatoms. The monoisotopic (exact) mass is 301 g/mol. The van der Waals surface area contributed by atoms with Crippen molar-refractivity contribution in [1.29, 1.82) is 0 Å². The molecule has 0 aliphatic heterocycles. The Morgan fingerprint density at radius 2 is 1.17 bits per heavy atom. The number of benzene rings is 2. The van der Waals surface area contributed by atoms with Gasteiger partial charge in [0.1, 0.15) is 0 Å². The molecule has 0 saturated heterocycles. The average molecular weight is 301 g/mol. The summed E-state index contributed by atoms with van der Waals surface area (Å²) in [5.41, 5.74) is 2.44. The molecule has 0 aromatic heterocycles. The van der Waals surface area contributed by atoms with E-state index in [1.807, 2.05) is 36.4 Å². The zero-order valence-electron chi connectivity index (χ0n) is 10.9. The Morgan fingerprint density at radius 1 is 0.778 bits per heavy atom. The van der Waals surface area contributed by atoms with Crippen LogP contribution in [0.4, 0.5) is 0 Å². The Morgan fingerprint density at radius 3 is 1.56 bits per heavy atom. The molecule has 0 heterocycles. The summed E-state index contributed by atoms with van der Waals surface area (Å²) in [4.78, 5) is 0. The van der Waals surface area contributed by atoms with Gasteiger partial charge in [-0.25, -0.2) is 0 Å². The van der Waals surface area contributed by atoms with E-state index in [1.54, 1.807) is 0 Å². The Hall–Kier alpha value is -1.20. The summed E-state index contributed by atoms with van der Waals surface area (Å²) in [6.07, 6.45) is 1.88. The molecule has 0 fully saturated rings. The molecule has 0 saturated carbocycles. The summed E-state index contributed by atoms with van der Waals surface area (Å²) in [6.45, 7) is 4.24. The first kappa shape index (κ1) is 13.2. The second-order valence-electron chi connectivity index (χ2n) is 4.26. The van der Waals surface area contributed by atoms with Gasteiger partial charge in [-0.3, -0.25) is 0 Å². The van der Waals surface area contributed by atoms with E-state index in [0.717, 1.165) is 21.5 Å². The van der Waals surface area contributed by atoms with Crippen LogP contribution in [0.5, 0.6) is 0 Å². The third kappa shape index (κ3) is 2.62. The van der Waals surface area contributed by atoms with Crippen LogP contribution in [0.1, 0.15) is 25.0 Å². The van der Waals surface area contributed by atoms with E-state index in [2.05, 4.69) is 26.0 Å². The Kier molecular flexibility index (Phi) is 4.49. The van der Waals surface area contributed by atoms with Crippen LogP contribution in [-0.4, -0.2) is 14.6 Å². The molecule has 1 nitrogen and oxygen atoms in total. The molecule has 0 spiro atoms. The maximum absolute atomic E-state index is 12.8. The van der Waals surface area contributed by atoms with E-state index in [-0.39, 0.29) is 0 Å². The van der Waals surface area contributed by atoms with Gasteiger partial charge in [-0.15, -0.1) is 0 Å². The van der Waals surface area contributed by atoms with Gasteiger partial charge in [-0.05, 0) is 0 Å². The molecule has 0 unspecified atom stereocenters. The molecule has 2 aromatic carbocycles. The van der Waals surface area contributed by atoms with Crippen molar-refractivity contribution in [1.82, 2.24) is 0 Å². The van der Waals surface area contributed by atoms with Gasteiger partial charge in [0, 0.05) is 0 Å². The molecule has 0 aliphatic carbocycles.